The molecule has 0 fully saturated rings. The Bertz CT molecular complexity index is 982. The van der Waals surface area contributed by atoms with Crippen LogP contribution in [0.1, 0.15) is 42.3 Å². The number of nitrogens with one attached hydrogen (secondary N) is 1. The molecule has 0 aromatic heterocycles. The zero-order chi connectivity index (χ0) is 20.9. The van der Waals surface area contributed by atoms with E-state index < -0.39 is 10.0 Å². The Hall–Kier alpha value is -2.62. The first-order valence-corrected chi connectivity index (χ1v) is 10.4. The van der Waals surface area contributed by atoms with Crippen LogP contribution in [-0.4, -0.2) is 32.8 Å². The zero-order valence-corrected chi connectivity index (χ0v) is 17.5. The highest BCUT2D eigenvalue weighted by Crippen LogP contribution is 2.22. The maximum absolute atomic E-state index is 12.7. The Morgan fingerprint density at radius 1 is 1.14 bits per heavy atom. The molecule has 2 aromatic carbocycles. The summed E-state index contributed by atoms with van der Waals surface area (Å²) in [5, 5.41) is 0. The van der Waals surface area contributed by atoms with Gasteiger partial charge in [-0.3, -0.25) is 4.79 Å². The number of amides is 1. The molecule has 0 aliphatic carbocycles. The van der Waals surface area contributed by atoms with Gasteiger partial charge >= 0.3 is 0 Å². The van der Waals surface area contributed by atoms with Crippen LogP contribution in [0, 0.1) is 12.3 Å². The second-order valence-corrected chi connectivity index (χ2v) is 9.43. The Labute approximate surface area is 167 Å². The van der Waals surface area contributed by atoms with Gasteiger partial charge in [0.25, 0.3) is 5.91 Å². The lowest BCUT2D eigenvalue weighted by molar-refractivity contribution is 0.0785. The minimum atomic E-state index is -3.75. The number of hydrogen-bond acceptors (Lipinski definition) is 3. The van der Waals surface area contributed by atoms with Crippen LogP contribution in [-0.2, 0) is 22.0 Å². The van der Waals surface area contributed by atoms with Gasteiger partial charge in [-0.05, 0) is 34.7 Å². The fourth-order valence-corrected chi connectivity index (χ4v) is 3.67. The topological polar surface area (TPSA) is 66.5 Å². The summed E-state index contributed by atoms with van der Waals surface area (Å²) < 4.78 is 26.7. The maximum atomic E-state index is 12.7. The van der Waals surface area contributed by atoms with Crippen molar-refractivity contribution in [3.63, 3.8) is 0 Å². The summed E-state index contributed by atoms with van der Waals surface area (Å²) in [6.07, 6.45) is 5.10. The summed E-state index contributed by atoms with van der Waals surface area (Å²) in [5.74, 6) is 1.97. The van der Waals surface area contributed by atoms with Gasteiger partial charge < -0.3 is 4.90 Å². The van der Waals surface area contributed by atoms with Crippen LogP contribution in [0.25, 0.3) is 0 Å². The van der Waals surface area contributed by atoms with E-state index in [1.165, 1.54) is 17.7 Å². The fourth-order valence-electron chi connectivity index (χ4n) is 2.69. The number of terminal acetylenes is 1. The van der Waals surface area contributed by atoms with E-state index in [1.807, 2.05) is 12.1 Å². The molecule has 0 saturated heterocycles. The third-order valence-corrected chi connectivity index (χ3v) is 5.74. The first kappa shape index (κ1) is 21.7. The van der Waals surface area contributed by atoms with Gasteiger partial charge in [0.1, 0.15) is 0 Å². The van der Waals surface area contributed by atoms with Crippen LogP contribution in [0.3, 0.4) is 0 Å². The van der Waals surface area contributed by atoms with E-state index in [9.17, 15) is 13.2 Å². The Kier molecular flexibility index (Phi) is 6.65. The number of nitrogens with zero attached hydrogens (tertiary/aromatic N) is 1. The normalized spacial score (nSPS) is 11.7. The smallest absolute Gasteiger partial charge is 0.253 e. The van der Waals surface area contributed by atoms with Gasteiger partial charge in [-0.2, -0.15) is 4.72 Å². The van der Waals surface area contributed by atoms with E-state index in [-0.39, 0.29) is 22.8 Å². The van der Waals surface area contributed by atoms with E-state index in [0.717, 1.165) is 5.56 Å². The van der Waals surface area contributed by atoms with E-state index >= 15 is 0 Å². The van der Waals surface area contributed by atoms with E-state index in [4.69, 9.17) is 6.42 Å². The van der Waals surface area contributed by atoms with Crippen molar-refractivity contribution < 1.29 is 13.2 Å². The molecule has 2 aromatic rings. The van der Waals surface area contributed by atoms with Gasteiger partial charge in [0, 0.05) is 19.2 Å². The maximum Gasteiger partial charge on any atom is 0.253 e. The monoisotopic (exact) mass is 398 g/mol. The summed E-state index contributed by atoms with van der Waals surface area (Å²) in [6, 6.07) is 14.1. The van der Waals surface area contributed by atoms with Crippen molar-refractivity contribution in [3.05, 3.63) is 65.2 Å². The summed E-state index contributed by atoms with van der Waals surface area (Å²) in [5.41, 5.74) is 2.60. The summed E-state index contributed by atoms with van der Waals surface area (Å²) >= 11 is 0. The molecule has 2 rings (SSSR count). The highest BCUT2D eigenvalue weighted by atomic mass is 32.2. The van der Waals surface area contributed by atoms with E-state index in [2.05, 4.69) is 43.5 Å². The molecular formula is C22H26N2O3S. The van der Waals surface area contributed by atoms with Crippen molar-refractivity contribution in [3.8, 4) is 12.3 Å². The van der Waals surface area contributed by atoms with Crippen molar-refractivity contribution in [2.75, 3.05) is 13.6 Å². The molecule has 1 amide bonds. The fraction of sp³-hybridized carbons (Fsp3) is 0.318. The molecular weight excluding hydrogens is 372 g/mol. The first-order valence-electron chi connectivity index (χ1n) is 8.92. The molecule has 0 unspecified atom stereocenters. The van der Waals surface area contributed by atoms with Gasteiger partial charge in [-0.25, -0.2) is 8.42 Å². The Balaban J connectivity index is 2.15. The van der Waals surface area contributed by atoms with Crippen LogP contribution in [0.4, 0.5) is 0 Å². The van der Waals surface area contributed by atoms with Gasteiger partial charge in [-0.15, -0.1) is 6.42 Å². The molecule has 28 heavy (non-hydrogen) atoms. The molecule has 0 heterocycles. The lowest BCUT2D eigenvalue weighted by atomic mass is 9.87. The highest BCUT2D eigenvalue weighted by molar-refractivity contribution is 7.89. The number of benzene rings is 2. The minimum absolute atomic E-state index is 0.0107. The van der Waals surface area contributed by atoms with Gasteiger partial charge in [0.15, 0.2) is 0 Å². The SMILES string of the molecule is C#CCNS(=O)(=O)c1cccc(C(=O)N(C)Cc2ccc(C(C)(C)C)cc2)c1. The number of carbonyl (C=O) groups excluding carboxylic acids is 1. The standard InChI is InChI=1S/C22H26N2O3S/c1-6-14-23-28(26,27)20-9-7-8-18(15-20)21(25)24(5)16-17-10-12-19(13-11-17)22(2,3)4/h1,7-13,15,23H,14,16H2,2-5H3. The average Bonchev–Trinajstić information content (AvgIpc) is 2.65. The van der Waals surface area contributed by atoms with Crippen LogP contribution in [0.15, 0.2) is 53.4 Å². The summed E-state index contributed by atoms with van der Waals surface area (Å²) in [4.78, 5) is 14.3. The molecule has 0 radical (unpaired) electrons. The number of rotatable bonds is 6. The van der Waals surface area contributed by atoms with Crippen LogP contribution < -0.4 is 4.72 Å². The van der Waals surface area contributed by atoms with Crippen molar-refractivity contribution >= 4 is 15.9 Å². The molecule has 0 saturated carbocycles. The molecule has 148 valence electrons. The molecule has 5 nitrogen and oxygen atoms in total. The number of carbonyl (C=O) groups is 1. The number of hydrogen-bond donors (Lipinski definition) is 1. The molecule has 0 bridgehead atoms. The van der Waals surface area contributed by atoms with Gasteiger partial charge in [0.2, 0.25) is 10.0 Å². The predicted molar refractivity (Wildman–Crippen MR) is 111 cm³/mol. The third-order valence-electron chi connectivity index (χ3n) is 4.34. The highest BCUT2D eigenvalue weighted by Gasteiger charge is 2.18. The molecule has 0 aliphatic rings. The van der Waals surface area contributed by atoms with E-state index in [0.29, 0.717) is 12.1 Å². The van der Waals surface area contributed by atoms with Crippen molar-refractivity contribution in [2.45, 2.75) is 37.6 Å². The molecule has 6 heteroatoms. The first-order chi connectivity index (χ1) is 13.0. The summed E-state index contributed by atoms with van der Waals surface area (Å²) in [7, 11) is -2.05. The zero-order valence-electron chi connectivity index (χ0n) is 16.7. The molecule has 1 N–H and O–H groups in total. The van der Waals surface area contributed by atoms with Gasteiger partial charge in [-0.1, -0.05) is 57.0 Å². The van der Waals surface area contributed by atoms with Crippen molar-refractivity contribution in [1.29, 1.82) is 0 Å². The Morgan fingerprint density at radius 2 is 1.79 bits per heavy atom. The largest absolute Gasteiger partial charge is 0.337 e. The average molecular weight is 399 g/mol. The quantitative estimate of drug-likeness (QED) is 0.760. The van der Waals surface area contributed by atoms with Crippen LogP contribution >= 0.6 is 0 Å². The van der Waals surface area contributed by atoms with Crippen LogP contribution in [0.5, 0.6) is 0 Å². The Morgan fingerprint density at radius 3 is 2.36 bits per heavy atom. The molecule has 0 spiro atoms. The van der Waals surface area contributed by atoms with Crippen molar-refractivity contribution in [2.24, 2.45) is 0 Å². The molecule has 0 aliphatic heterocycles. The molecule has 0 atom stereocenters. The van der Waals surface area contributed by atoms with Crippen molar-refractivity contribution in [1.82, 2.24) is 9.62 Å². The third kappa shape index (κ3) is 5.44. The second kappa shape index (κ2) is 8.59. The lowest BCUT2D eigenvalue weighted by Gasteiger charge is -2.21. The second-order valence-electron chi connectivity index (χ2n) is 7.66. The minimum Gasteiger partial charge on any atom is -0.337 e. The summed E-state index contributed by atoms with van der Waals surface area (Å²) in [6.45, 7) is 6.77. The van der Waals surface area contributed by atoms with Gasteiger partial charge in [0.05, 0.1) is 11.4 Å². The van der Waals surface area contributed by atoms with Crippen LogP contribution in [0.2, 0.25) is 0 Å². The van der Waals surface area contributed by atoms with E-state index in [1.54, 1.807) is 24.1 Å². The lowest BCUT2D eigenvalue weighted by Crippen LogP contribution is -2.27. The predicted octanol–water partition coefficient (Wildman–Crippen LogP) is 3.17. The number of sulfonamides is 1.